The molecular weight excluding hydrogens is 259 g/mol. The molecule has 0 bridgehead atoms. The summed E-state index contributed by atoms with van der Waals surface area (Å²) in [6, 6.07) is 5.12. The maximum Gasteiger partial charge on any atom is 0.417 e. The van der Waals surface area contributed by atoms with Crippen LogP contribution in [0.15, 0.2) is 24.3 Å². The monoisotopic (exact) mass is 271 g/mol. The van der Waals surface area contributed by atoms with Gasteiger partial charge in [-0.2, -0.15) is 18.3 Å². The summed E-state index contributed by atoms with van der Waals surface area (Å²) in [5, 5.41) is 3.96. The van der Waals surface area contributed by atoms with Gasteiger partial charge in [0.05, 0.1) is 18.4 Å². The third-order valence-electron chi connectivity index (χ3n) is 2.72. The van der Waals surface area contributed by atoms with Gasteiger partial charge in [-0.15, -0.1) is 0 Å². The maximum atomic E-state index is 13.0. The molecule has 0 spiro atoms. The summed E-state index contributed by atoms with van der Waals surface area (Å²) in [4.78, 5) is 0. The van der Waals surface area contributed by atoms with E-state index in [-0.39, 0.29) is 17.0 Å². The molecule has 0 amide bonds. The quantitative estimate of drug-likeness (QED) is 0.913. The largest absolute Gasteiger partial charge is 0.497 e. The minimum absolute atomic E-state index is 0.0272. The predicted octanol–water partition coefficient (Wildman–Crippen LogP) is 2.70. The molecule has 102 valence electrons. The topological polar surface area (TPSA) is 53.1 Å². The number of nitrogens with zero attached hydrogens (tertiary/aromatic N) is 2. The lowest BCUT2D eigenvalue weighted by Crippen LogP contribution is -2.08. The zero-order chi connectivity index (χ0) is 14.2. The molecule has 1 heterocycles. The van der Waals surface area contributed by atoms with Crippen molar-refractivity contribution in [3.8, 4) is 17.0 Å². The maximum absolute atomic E-state index is 13.0. The summed E-state index contributed by atoms with van der Waals surface area (Å²) in [5.41, 5.74) is 4.94. The number of ether oxygens (including phenoxy) is 1. The number of alkyl halides is 3. The van der Waals surface area contributed by atoms with Crippen LogP contribution >= 0.6 is 0 Å². The van der Waals surface area contributed by atoms with Crippen molar-refractivity contribution in [2.75, 3.05) is 12.8 Å². The fourth-order valence-corrected chi connectivity index (χ4v) is 1.72. The number of nitrogens with two attached hydrogens (primary N) is 1. The molecule has 0 unspecified atom stereocenters. The highest BCUT2D eigenvalue weighted by molar-refractivity contribution is 5.68. The molecule has 0 saturated heterocycles. The third kappa shape index (κ3) is 2.49. The zero-order valence-corrected chi connectivity index (χ0v) is 10.3. The average molecular weight is 271 g/mol. The van der Waals surface area contributed by atoms with Crippen molar-refractivity contribution in [3.63, 3.8) is 0 Å². The Morgan fingerprint density at radius 1 is 1.26 bits per heavy atom. The molecule has 1 aromatic heterocycles. The highest BCUT2D eigenvalue weighted by Crippen LogP contribution is 2.38. The molecule has 4 nitrogen and oxygen atoms in total. The number of methoxy groups -OCH3 is 1. The van der Waals surface area contributed by atoms with E-state index in [1.165, 1.54) is 30.0 Å². The van der Waals surface area contributed by atoms with Crippen molar-refractivity contribution >= 4 is 5.82 Å². The van der Waals surface area contributed by atoms with E-state index in [9.17, 15) is 13.2 Å². The van der Waals surface area contributed by atoms with Crippen molar-refractivity contribution < 1.29 is 17.9 Å². The zero-order valence-electron chi connectivity index (χ0n) is 10.3. The van der Waals surface area contributed by atoms with Crippen molar-refractivity contribution in [3.05, 3.63) is 29.8 Å². The molecule has 0 aliphatic rings. The van der Waals surface area contributed by atoms with Crippen molar-refractivity contribution in [1.29, 1.82) is 0 Å². The number of halogens is 3. The normalized spacial score (nSPS) is 11.6. The van der Waals surface area contributed by atoms with Crippen LogP contribution in [-0.2, 0) is 13.2 Å². The SMILES string of the molecule is COc1ccc(-c2cc(N)n(C)n2)c(C(F)(F)F)c1. The Labute approximate surface area is 107 Å². The van der Waals surface area contributed by atoms with E-state index in [2.05, 4.69) is 5.10 Å². The van der Waals surface area contributed by atoms with E-state index in [1.807, 2.05) is 0 Å². The van der Waals surface area contributed by atoms with Gasteiger partial charge in [0.1, 0.15) is 11.6 Å². The van der Waals surface area contributed by atoms with Crippen LogP contribution in [0.2, 0.25) is 0 Å². The van der Waals surface area contributed by atoms with Gasteiger partial charge in [0.2, 0.25) is 0 Å². The number of aryl methyl sites for hydroxylation is 1. The Morgan fingerprint density at radius 3 is 2.42 bits per heavy atom. The average Bonchev–Trinajstić information content (AvgIpc) is 2.67. The Morgan fingerprint density at radius 2 is 1.95 bits per heavy atom. The lowest BCUT2D eigenvalue weighted by molar-refractivity contribution is -0.137. The predicted molar refractivity (Wildman–Crippen MR) is 64.6 cm³/mol. The molecule has 0 radical (unpaired) electrons. The fraction of sp³-hybridized carbons (Fsp3) is 0.250. The van der Waals surface area contributed by atoms with Gasteiger partial charge in [0.15, 0.2) is 0 Å². The number of benzene rings is 1. The van der Waals surface area contributed by atoms with E-state index < -0.39 is 11.7 Å². The van der Waals surface area contributed by atoms with Gasteiger partial charge in [-0.3, -0.25) is 4.68 Å². The molecule has 2 N–H and O–H groups in total. The van der Waals surface area contributed by atoms with Crippen molar-refractivity contribution in [2.45, 2.75) is 6.18 Å². The summed E-state index contributed by atoms with van der Waals surface area (Å²) in [7, 11) is 2.88. The first-order valence-corrected chi connectivity index (χ1v) is 5.38. The molecule has 0 saturated carbocycles. The van der Waals surface area contributed by atoms with Crippen LogP contribution in [-0.4, -0.2) is 16.9 Å². The molecule has 0 aliphatic heterocycles. The Balaban J connectivity index is 2.62. The first-order chi connectivity index (χ1) is 8.82. The number of hydrogen-bond acceptors (Lipinski definition) is 3. The molecule has 7 heteroatoms. The smallest absolute Gasteiger partial charge is 0.417 e. The van der Waals surface area contributed by atoms with E-state index in [0.29, 0.717) is 5.82 Å². The summed E-state index contributed by atoms with van der Waals surface area (Å²) in [6.07, 6.45) is -4.49. The number of anilines is 1. The third-order valence-corrected chi connectivity index (χ3v) is 2.72. The molecule has 0 atom stereocenters. The van der Waals surface area contributed by atoms with Gasteiger partial charge in [0, 0.05) is 18.7 Å². The van der Waals surface area contributed by atoms with Crippen LogP contribution in [0.4, 0.5) is 19.0 Å². The molecule has 2 rings (SSSR count). The van der Waals surface area contributed by atoms with Crippen LogP contribution in [0, 0.1) is 0 Å². The summed E-state index contributed by atoms with van der Waals surface area (Å²) in [6.45, 7) is 0. The molecule has 2 aromatic rings. The van der Waals surface area contributed by atoms with Crippen LogP contribution in [0.25, 0.3) is 11.3 Å². The number of aromatic nitrogens is 2. The summed E-state index contributed by atoms with van der Waals surface area (Å²) >= 11 is 0. The van der Waals surface area contributed by atoms with Crippen LogP contribution < -0.4 is 10.5 Å². The highest BCUT2D eigenvalue weighted by Gasteiger charge is 2.34. The molecule has 0 aliphatic carbocycles. The molecule has 0 fully saturated rings. The van der Waals surface area contributed by atoms with E-state index in [4.69, 9.17) is 10.5 Å². The second kappa shape index (κ2) is 4.49. The van der Waals surface area contributed by atoms with Crippen molar-refractivity contribution in [1.82, 2.24) is 9.78 Å². The highest BCUT2D eigenvalue weighted by atomic mass is 19.4. The lowest BCUT2D eigenvalue weighted by atomic mass is 10.0. The minimum Gasteiger partial charge on any atom is -0.497 e. The van der Waals surface area contributed by atoms with Gasteiger partial charge in [0.25, 0.3) is 0 Å². The van der Waals surface area contributed by atoms with Gasteiger partial charge < -0.3 is 10.5 Å². The summed E-state index contributed by atoms with van der Waals surface area (Å²) < 4.78 is 45.2. The van der Waals surface area contributed by atoms with Crippen LogP contribution in [0.5, 0.6) is 5.75 Å². The molecular formula is C12H12F3N3O. The Bertz CT molecular complexity index is 585. The number of hydrogen-bond donors (Lipinski definition) is 1. The van der Waals surface area contributed by atoms with E-state index in [1.54, 1.807) is 7.05 Å². The van der Waals surface area contributed by atoms with Crippen molar-refractivity contribution in [2.24, 2.45) is 7.05 Å². The first-order valence-electron chi connectivity index (χ1n) is 5.38. The van der Waals surface area contributed by atoms with E-state index in [0.717, 1.165) is 6.07 Å². The fourth-order valence-electron chi connectivity index (χ4n) is 1.72. The summed E-state index contributed by atoms with van der Waals surface area (Å²) in [5.74, 6) is 0.430. The Hall–Kier alpha value is -2.18. The van der Waals surface area contributed by atoms with Gasteiger partial charge >= 0.3 is 6.18 Å². The second-order valence-corrected chi connectivity index (χ2v) is 3.99. The standard InChI is InChI=1S/C12H12F3N3O/c1-18-11(16)6-10(17-18)8-4-3-7(19-2)5-9(8)12(13,14)15/h3-6H,16H2,1-2H3. The molecule has 1 aromatic carbocycles. The second-order valence-electron chi connectivity index (χ2n) is 3.99. The Kier molecular flexibility index (Phi) is 3.13. The number of rotatable bonds is 2. The van der Waals surface area contributed by atoms with Gasteiger partial charge in [-0.25, -0.2) is 0 Å². The van der Waals surface area contributed by atoms with Gasteiger partial charge in [-0.05, 0) is 18.2 Å². The van der Waals surface area contributed by atoms with Crippen LogP contribution in [0.3, 0.4) is 0 Å². The minimum atomic E-state index is -4.49. The lowest BCUT2D eigenvalue weighted by Gasteiger charge is -2.12. The van der Waals surface area contributed by atoms with Gasteiger partial charge in [-0.1, -0.05) is 0 Å². The first kappa shape index (κ1) is 13.3. The van der Waals surface area contributed by atoms with E-state index >= 15 is 0 Å². The van der Waals surface area contributed by atoms with Crippen LogP contribution in [0.1, 0.15) is 5.56 Å². The number of nitrogen functional groups attached to an aromatic ring is 1. The molecule has 19 heavy (non-hydrogen) atoms.